The fraction of sp³-hybridized carbons (Fsp3) is 0.818. The van der Waals surface area contributed by atoms with Gasteiger partial charge in [-0.2, -0.15) is 0 Å². The molecule has 0 radical (unpaired) electrons. The van der Waals surface area contributed by atoms with Crippen molar-refractivity contribution in [3.05, 3.63) is 0 Å². The summed E-state index contributed by atoms with van der Waals surface area (Å²) in [6.45, 7) is 7.58. The van der Waals surface area contributed by atoms with E-state index < -0.39 is 12.0 Å². The molecule has 0 aliphatic carbocycles. The molecule has 1 atom stereocenters. The molecular formula is C11H21NO4. The van der Waals surface area contributed by atoms with Crippen LogP contribution in [0.1, 0.15) is 34.1 Å². The molecule has 0 aromatic heterocycles. The van der Waals surface area contributed by atoms with Crippen molar-refractivity contribution in [3.63, 3.8) is 0 Å². The van der Waals surface area contributed by atoms with Crippen LogP contribution in [0.25, 0.3) is 0 Å². The van der Waals surface area contributed by atoms with Gasteiger partial charge in [0.1, 0.15) is 6.04 Å². The van der Waals surface area contributed by atoms with Crippen LogP contribution in [0.3, 0.4) is 0 Å². The smallest absolute Gasteiger partial charge is 0.326 e. The van der Waals surface area contributed by atoms with Gasteiger partial charge in [0.25, 0.3) is 0 Å². The number of nitrogens with one attached hydrogen (secondary N) is 1. The Hall–Kier alpha value is -1.10. The number of rotatable bonds is 7. The second kappa shape index (κ2) is 7.22. The third-order valence-electron chi connectivity index (χ3n) is 2.03. The predicted molar refractivity (Wildman–Crippen MR) is 60.1 cm³/mol. The molecule has 0 saturated heterocycles. The van der Waals surface area contributed by atoms with E-state index in [-0.39, 0.29) is 24.3 Å². The summed E-state index contributed by atoms with van der Waals surface area (Å²) in [7, 11) is 0. The van der Waals surface area contributed by atoms with Crippen LogP contribution < -0.4 is 5.32 Å². The van der Waals surface area contributed by atoms with E-state index in [1.165, 1.54) is 0 Å². The SMILES string of the molecule is CC(C)OCCC(=O)N[C@H](C(=O)O)C(C)C. The molecule has 0 aliphatic heterocycles. The summed E-state index contributed by atoms with van der Waals surface area (Å²) in [4.78, 5) is 22.2. The van der Waals surface area contributed by atoms with Gasteiger partial charge in [-0.3, -0.25) is 4.79 Å². The normalized spacial score (nSPS) is 12.9. The molecular weight excluding hydrogens is 210 g/mol. The van der Waals surface area contributed by atoms with Gasteiger partial charge in [0, 0.05) is 6.42 Å². The van der Waals surface area contributed by atoms with E-state index in [0.717, 1.165) is 0 Å². The van der Waals surface area contributed by atoms with Gasteiger partial charge in [-0.1, -0.05) is 13.8 Å². The zero-order valence-electron chi connectivity index (χ0n) is 10.3. The number of amides is 1. The van der Waals surface area contributed by atoms with Gasteiger partial charge < -0.3 is 15.2 Å². The van der Waals surface area contributed by atoms with Gasteiger partial charge in [0.2, 0.25) is 5.91 Å². The molecule has 5 heteroatoms. The Bertz CT molecular complexity index is 238. The largest absolute Gasteiger partial charge is 0.480 e. The van der Waals surface area contributed by atoms with E-state index in [1.54, 1.807) is 13.8 Å². The lowest BCUT2D eigenvalue weighted by atomic mass is 10.0. The van der Waals surface area contributed by atoms with Gasteiger partial charge in [-0.25, -0.2) is 4.79 Å². The van der Waals surface area contributed by atoms with Crippen LogP contribution >= 0.6 is 0 Å². The highest BCUT2D eigenvalue weighted by atomic mass is 16.5. The van der Waals surface area contributed by atoms with Crippen LogP contribution in [0.15, 0.2) is 0 Å². The molecule has 1 amide bonds. The average molecular weight is 231 g/mol. The summed E-state index contributed by atoms with van der Waals surface area (Å²) in [6, 6.07) is -0.827. The Morgan fingerprint density at radius 2 is 1.81 bits per heavy atom. The molecule has 0 rings (SSSR count). The van der Waals surface area contributed by atoms with Crippen molar-refractivity contribution in [2.24, 2.45) is 5.92 Å². The fourth-order valence-electron chi connectivity index (χ4n) is 1.15. The molecule has 0 fully saturated rings. The molecule has 0 saturated carbocycles. The molecule has 0 aromatic carbocycles. The van der Waals surface area contributed by atoms with Crippen LogP contribution in [0, 0.1) is 5.92 Å². The monoisotopic (exact) mass is 231 g/mol. The predicted octanol–water partition coefficient (Wildman–Crippen LogP) is 1.03. The maximum atomic E-state index is 11.4. The van der Waals surface area contributed by atoms with Gasteiger partial charge >= 0.3 is 5.97 Å². The number of ether oxygens (including phenoxy) is 1. The summed E-state index contributed by atoms with van der Waals surface area (Å²) in [6.07, 6.45) is 0.266. The second-order valence-corrected chi connectivity index (χ2v) is 4.30. The topological polar surface area (TPSA) is 75.6 Å². The maximum absolute atomic E-state index is 11.4. The maximum Gasteiger partial charge on any atom is 0.326 e. The number of carbonyl (C=O) groups excluding carboxylic acids is 1. The van der Waals surface area contributed by atoms with Crippen molar-refractivity contribution >= 4 is 11.9 Å². The molecule has 0 aliphatic rings. The lowest BCUT2D eigenvalue weighted by Crippen LogP contribution is -2.44. The molecule has 5 nitrogen and oxygen atoms in total. The lowest BCUT2D eigenvalue weighted by Gasteiger charge is -2.18. The Morgan fingerprint density at radius 3 is 2.19 bits per heavy atom. The van der Waals surface area contributed by atoms with Crippen molar-refractivity contribution in [3.8, 4) is 0 Å². The third kappa shape index (κ3) is 6.40. The lowest BCUT2D eigenvalue weighted by molar-refractivity contribution is -0.143. The quantitative estimate of drug-likeness (QED) is 0.686. The number of carbonyl (C=O) groups is 2. The Labute approximate surface area is 96.2 Å². The zero-order chi connectivity index (χ0) is 12.7. The van der Waals surface area contributed by atoms with E-state index in [1.807, 2.05) is 13.8 Å². The Kier molecular flexibility index (Phi) is 6.72. The van der Waals surface area contributed by atoms with Crippen LogP contribution in [0.4, 0.5) is 0 Å². The first-order chi connectivity index (χ1) is 7.34. The first-order valence-electron chi connectivity index (χ1n) is 5.48. The minimum absolute atomic E-state index is 0.0770. The highest BCUT2D eigenvalue weighted by Gasteiger charge is 2.22. The summed E-state index contributed by atoms with van der Waals surface area (Å²) in [5, 5.41) is 11.3. The van der Waals surface area contributed by atoms with Gasteiger partial charge in [-0.15, -0.1) is 0 Å². The number of carboxylic acid groups (broad SMARTS) is 1. The standard InChI is InChI=1S/C11H21NO4/c1-7(2)10(11(14)15)12-9(13)5-6-16-8(3)4/h7-8,10H,5-6H2,1-4H3,(H,12,13)(H,14,15)/t10-/m0/s1. The molecule has 0 spiro atoms. The number of carboxylic acids is 1. The van der Waals surface area contributed by atoms with Gasteiger partial charge in [0.15, 0.2) is 0 Å². The highest BCUT2D eigenvalue weighted by molar-refractivity contribution is 5.83. The van der Waals surface area contributed by atoms with Crippen LogP contribution in [-0.2, 0) is 14.3 Å². The molecule has 0 aromatic rings. The van der Waals surface area contributed by atoms with Crippen molar-refractivity contribution in [1.82, 2.24) is 5.32 Å². The van der Waals surface area contributed by atoms with Crippen molar-refractivity contribution in [2.45, 2.75) is 46.3 Å². The minimum atomic E-state index is -1.01. The number of hydrogen-bond donors (Lipinski definition) is 2. The molecule has 0 heterocycles. The average Bonchev–Trinajstić information content (AvgIpc) is 2.12. The molecule has 94 valence electrons. The molecule has 2 N–H and O–H groups in total. The van der Waals surface area contributed by atoms with Gasteiger partial charge in [-0.05, 0) is 19.8 Å². The minimum Gasteiger partial charge on any atom is -0.480 e. The molecule has 16 heavy (non-hydrogen) atoms. The second-order valence-electron chi connectivity index (χ2n) is 4.30. The van der Waals surface area contributed by atoms with Crippen LogP contribution in [0.5, 0.6) is 0 Å². The van der Waals surface area contributed by atoms with E-state index in [9.17, 15) is 9.59 Å². The van der Waals surface area contributed by atoms with Crippen LogP contribution in [0.2, 0.25) is 0 Å². The fourth-order valence-corrected chi connectivity index (χ4v) is 1.15. The summed E-state index contributed by atoms with van der Waals surface area (Å²) >= 11 is 0. The third-order valence-corrected chi connectivity index (χ3v) is 2.03. The summed E-state index contributed by atoms with van der Waals surface area (Å²) < 4.78 is 5.21. The van der Waals surface area contributed by atoms with Crippen molar-refractivity contribution in [1.29, 1.82) is 0 Å². The molecule has 0 unspecified atom stereocenters. The zero-order valence-corrected chi connectivity index (χ0v) is 10.3. The molecule has 0 bridgehead atoms. The Morgan fingerprint density at radius 1 is 1.25 bits per heavy atom. The van der Waals surface area contributed by atoms with Crippen LogP contribution in [-0.4, -0.2) is 35.7 Å². The highest BCUT2D eigenvalue weighted by Crippen LogP contribution is 2.02. The number of aliphatic carboxylic acids is 1. The van der Waals surface area contributed by atoms with E-state index in [4.69, 9.17) is 9.84 Å². The summed E-state index contributed by atoms with van der Waals surface area (Å²) in [5.41, 5.74) is 0. The summed E-state index contributed by atoms with van der Waals surface area (Å²) in [5.74, 6) is -1.43. The van der Waals surface area contributed by atoms with E-state index >= 15 is 0 Å². The van der Waals surface area contributed by atoms with Crippen molar-refractivity contribution in [2.75, 3.05) is 6.61 Å². The number of hydrogen-bond acceptors (Lipinski definition) is 3. The first-order valence-corrected chi connectivity index (χ1v) is 5.48. The first kappa shape index (κ1) is 14.9. The van der Waals surface area contributed by atoms with Crippen molar-refractivity contribution < 1.29 is 19.4 Å². The van der Waals surface area contributed by atoms with Gasteiger partial charge in [0.05, 0.1) is 12.7 Å². The Balaban J connectivity index is 3.97. The van der Waals surface area contributed by atoms with E-state index in [0.29, 0.717) is 6.61 Å². The van der Waals surface area contributed by atoms with E-state index in [2.05, 4.69) is 5.32 Å².